The van der Waals surface area contributed by atoms with Crippen molar-refractivity contribution in [3.63, 3.8) is 0 Å². The number of hydrogen-bond acceptors (Lipinski definition) is 4. The number of rotatable bonds is 9. The minimum Gasteiger partial charge on any atom is -0.383 e. The summed E-state index contributed by atoms with van der Waals surface area (Å²) < 4.78 is 12.9. The number of fused-ring (bicyclic) bond motifs is 1. The van der Waals surface area contributed by atoms with Crippen LogP contribution in [0.2, 0.25) is 0 Å². The van der Waals surface area contributed by atoms with Gasteiger partial charge < -0.3 is 14.4 Å². The van der Waals surface area contributed by atoms with Crippen molar-refractivity contribution < 1.29 is 14.3 Å². The van der Waals surface area contributed by atoms with Crippen molar-refractivity contribution in [2.75, 3.05) is 26.9 Å². The topological polar surface area (TPSA) is 56.6 Å². The molecule has 6 heteroatoms. The Kier molecular flexibility index (Phi) is 7.01. The van der Waals surface area contributed by atoms with Gasteiger partial charge in [0.05, 0.1) is 32.1 Å². The van der Waals surface area contributed by atoms with Gasteiger partial charge >= 0.3 is 0 Å². The number of carbonyl (C=O) groups is 1. The van der Waals surface area contributed by atoms with Gasteiger partial charge in [0.2, 0.25) is 5.91 Å². The maximum atomic E-state index is 12.7. The minimum atomic E-state index is 0.165. The van der Waals surface area contributed by atoms with Crippen LogP contribution in [0.3, 0.4) is 0 Å². The first-order valence-corrected chi connectivity index (χ1v) is 9.68. The van der Waals surface area contributed by atoms with E-state index in [0.717, 1.165) is 36.4 Å². The van der Waals surface area contributed by atoms with Crippen LogP contribution in [-0.4, -0.2) is 47.5 Å². The van der Waals surface area contributed by atoms with E-state index < -0.39 is 0 Å². The van der Waals surface area contributed by atoms with Crippen LogP contribution < -0.4 is 0 Å². The molecule has 146 valence electrons. The summed E-state index contributed by atoms with van der Waals surface area (Å²) >= 11 is 0. The summed E-state index contributed by atoms with van der Waals surface area (Å²) in [7, 11) is 1.70. The fourth-order valence-corrected chi connectivity index (χ4v) is 3.51. The number of methoxy groups -OCH3 is 1. The lowest BCUT2D eigenvalue weighted by molar-refractivity contribution is -0.131. The normalized spacial score (nSPS) is 13.4. The van der Waals surface area contributed by atoms with Crippen LogP contribution in [0.4, 0.5) is 0 Å². The van der Waals surface area contributed by atoms with Crippen LogP contribution in [-0.2, 0) is 46.8 Å². The number of ether oxygens (including phenoxy) is 2. The van der Waals surface area contributed by atoms with Crippen molar-refractivity contribution in [3.8, 4) is 0 Å². The van der Waals surface area contributed by atoms with Gasteiger partial charge in [-0.1, -0.05) is 30.3 Å². The van der Waals surface area contributed by atoms with Crippen molar-refractivity contribution in [2.45, 2.75) is 45.9 Å². The van der Waals surface area contributed by atoms with Gasteiger partial charge in [-0.05, 0) is 12.5 Å². The first kappa shape index (κ1) is 19.6. The number of nitrogens with zero attached hydrogens (tertiary/aromatic N) is 3. The lowest BCUT2D eigenvalue weighted by Crippen LogP contribution is -2.30. The van der Waals surface area contributed by atoms with E-state index in [1.807, 2.05) is 34.7 Å². The molecule has 1 amide bonds. The van der Waals surface area contributed by atoms with Crippen LogP contribution in [0.1, 0.15) is 35.9 Å². The molecule has 1 aromatic carbocycles. The SMILES string of the molecule is CCN(Cc1ccccc1)C(=O)CCc1nn(CCOC)c2c1COCC2. The second kappa shape index (κ2) is 9.67. The predicted octanol–water partition coefficient (Wildman–Crippen LogP) is 2.58. The fraction of sp³-hybridized carbons (Fsp3) is 0.524. The van der Waals surface area contributed by atoms with Gasteiger partial charge in [-0.25, -0.2) is 0 Å². The highest BCUT2D eigenvalue weighted by atomic mass is 16.5. The van der Waals surface area contributed by atoms with Crippen LogP contribution in [0.15, 0.2) is 30.3 Å². The lowest BCUT2D eigenvalue weighted by atomic mass is 10.1. The molecule has 0 atom stereocenters. The molecule has 6 nitrogen and oxygen atoms in total. The van der Waals surface area contributed by atoms with E-state index in [-0.39, 0.29) is 5.91 Å². The molecule has 0 saturated carbocycles. The quantitative estimate of drug-likeness (QED) is 0.680. The van der Waals surface area contributed by atoms with Crippen LogP contribution in [0.25, 0.3) is 0 Å². The van der Waals surface area contributed by atoms with E-state index >= 15 is 0 Å². The van der Waals surface area contributed by atoms with Crippen LogP contribution in [0.5, 0.6) is 0 Å². The van der Waals surface area contributed by atoms with E-state index in [0.29, 0.717) is 39.1 Å². The molecule has 0 aliphatic carbocycles. The van der Waals surface area contributed by atoms with Gasteiger partial charge in [0.25, 0.3) is 0 Å². The second-order valence-corrected chi connectivity index (χ2v) is 6.78. The van der Waals surface area contributed by atoms with Crippen molar-refractivity contribution in [3.05, 3.63) is 52.8 Å². The van der Waals surface area contributed by atoms with Crippen LogP contribution in [0, 0.1) is 0 Å². The Morgan fingerprint density at radius 1 is 1.33 bits per heavy atom. The molecule has 1 aliphatic heterocycles. The third kappa shape index (κ3) is 4.96. The fourth-order valence-electron chi connectivity index (χ4n) is 3.51. The van der Waals surface area contributed by atoms with Gasteiger partial charge in [-0.3, -0.25) is 9.48 Å². The number of benzene rings is 1. The molecule has 1 aliphatic rings. The number of aromatic nitrogens is 2. The number of amides is 1. The Morgan fingerprint density at radius 3 is 2.89 bits per heavy atom. The van der Waals surface area contributed by atoms with Crippen molar-refractivity contribution >= 4 is 5.91 Å². The summed E-state index contributed by atoms with van der Waals surface area (Å²) in [6, 6.07) is 10.1. The average molecular weight is 371 g/mol. The number of hydrogen-bond donors (Lipinski definition) is 0. The highest BCUT2D eigenvalue weighted by Gasteiger charge is 2.22. The Bertz CT molecular complexity index is 743. The molecule has 1 aromatic heterocycles. The highest BCUT2D eigenvalue weighted by Crippen LogP contribution is 2.22. The Morgan fingerprint density at radius 2 is 2.15 bits per heavy atom. The average Bonchev–Trinajstić information content (AvgIpc) is 3.07. The zero-order valence-electron chi connectivity index (χ0n) is 16.3. The highest BCUT2D eigenvalue weighted by molar-refractivity contribution is 5.76. The molecule has 0 fully saturated rings. The van der Waals surface area contributed by atoms with Gasteiger partial charge in [0.15, 0.2) is 0 Å². The van der Waals surface area contributed by atoms with E-state index in [4.69, 9.17) is 14.6 Å². The third-order valence-electron chi connectivity index (χ3n) is 5.01. The molecule has 0 N–H and O–H groups in total. The third-order valence-corrected chi connectivity index (χ3v) is 5.01. The molecular formula is C21H29N3O3. The molecular weight excluding hydrogens is 342 g/mol. The predicted molar refractivity (Wildman–Crippen MR) is 103 cm³/mol. The Balaban J connectivity index is 1.64. The largest absolute Gasteiger partial charge is 0.383 e. The van der Waals surface area contributed by atoms with Crippen molar-refractivity contribution in [1.29, 1.82) is 0 Å². The zero-order chi connectivity index (χ0) is 19.1. The molecule has 0 bridgehead atoms. The summed E-state index contributed by atoms with van der Waals surface area (Å²) in [6.45, 7) is 6.07. The minimum absolute atomic E-state index is 0.165. The summed E-state index contributed by atoms with van der Waals surface area (Å²) in [5.41, 5.74) is 4.54. The second-order valence-electron chi connectivity index (χ2n) is 6.78. The Hall–Kier alpha value is -2.18. The first-order valence-electron chi connectivity index (χ1n) is 9.68. The molecule has 0 saturated heterocycles. The summed E-state index contributed by atoms with van der Waals surface area (Å²) in [6.07, 6.45) is 1.99. The molecule has 2 heterocycles. The zero-order valence-corrected chi connectivity index (χ0v) is 16.3. The molecule has 0 spiro atoms. The maximum Gasteiger partial charge on any atom is 0.223 e. The van der Waals surface area contributed by atoms with E-state index in [1.54, 1.807) is 7.11 Å². The monoisotopic (exact) mass is 371 g/mol. The van der Waals surface area contributed by atoms with Crippen molar-refractivity contribution in [1.82, 2.24) is 14.7 Å². The van der Waals surface area contributed by atoms with Gasteiger partial charge in [-0.2, -0.15) is 5.10 Å². The standard InChI is InChI=1S/C21H29N3O3/c1-3-23(15-17-7-5-4-6-8-17)21(25)10-9-19-18-16-27-13-11-20(18)24(22-19)12-14-26-2/h4-8H,3,9-16H2,1-2H3. The van der Waals surface area contributed by atoms with Crippen molar-refractivity contribution in [2.24, 2.45) is 0 Å². The first-order chi connectivity index (χ1) is 13.2. The molecule has 3 rings (SSSR count). The number of carbonyl (C=O) groups excluding carboxylic acids is 1. The molecule has 0 radical (unpaired) electrons. The Labute approximate surface area is 161 Å². The molecule has 2 aromatic rings. The smallest absolute Gasteiger partial charge is 0.223 e. The summed E-state index contributed by atoms with van der Waals surface area (Å²) in [5.74, 6) is 0.165. The summed E-state index contributed by atoms with van der Waals surface area (Å²) in [5, 5.41) is 4.76. The van der Waals surface area contributed by atoms with E-state index in [2.05, 4.69) is 12.1 Å². The van der Waals surface area contributed by atoms with Gasteiger partial charge in [0.1, 0.15) is 0 Å². The van der Waals surface area contributed by atoms with E-state index in [9.17, 15) is 4.79 Å². The maximum absolute atomic E-state index is 12.7. The van der Waals surface area contributed by atoms with E-state index in [1.165, 1.54) is 5.69 Å². The van der Waals surface area contributed by atoms with Gasteiger partial charge in [0, 0.05) is 50.7 Å². The molecule has 27 heavy (non-hydrogen) atoms. The molecule has 0 unspecified atom stereocenters. The summed E-state index contributed by atoms with van der Waals surface area (Å²) in [4.78, 5) is 14.6. The number of aryl methyl sites for hydroxylation is 1. The lowest BCUT2D eigenvalue weighted by Gasteiger charge is -2.21. The van der Waals surface area contributed by atoms with Gasteiger partial charge in [-0.15, -0.1) is 0 Å². The van der Waals surface area contributed by atoms with Crippen LogP contribution >= 0.6 is 0 Å².